The second-order valence-corrected chi connectivity index (χ2v) is 8.50. The van der Waals surface area contributed by atoms with E-state index in [4.69, 9.17) is 9.84 Å². The maximum absolute atomic E-state index is 12.4. The van der Waals surface area contributed by atoms with Gasteiger partial charge in [0.2, 0.25) is 5.91 Å². The zero-order valence-corrected chi connectivity index (χ0v) is 18.5. The second kappa shape index (κ2) is 8.50. The summed E-state index contributed by atoms with van der Waals surface area (Å²) in [6, 6.07) is 17.5. The maximum atomic E-state index is 12.4. The first kappa shape index (κ1) is 20.9. The van der Waals surface area contributed by atoms with E-state index in [1.165, 1.54) is 12.4 Å². The smallest absolute Gasteiger partial charge is 0.246 e. The lowest BCUT2D eigenvalue weighted by Gasteiger charge is -2.34. The van der Waals surface area contributed by atoms with Crippen molar-refractivity contribution in [3.63, 3.8) is 0 Å². The zero-order chi connectivity index (χ0) is 22.8. The second-order valence-electron chi connectivity index (χ2n) is 8.50. The molecule has 1 amide bonds. The van der Waals surface area contributed by atoms with Gasteiger partial charge in [-0.2, -0.15) is 5.10 Å². The van der Waals surface area contributed by atoms with Gasteiger partial charge in [-0.25, -0.2) is 14.6 Å². The van der Waals surface area contributed by atoms with E-state index in [2.05, 4.69) is 23.5 Å². The highest BCUT2D eigenvalue weighted by molar-refractivity contribution is 5.90. The number of benzene rings is 2. The Labute approximate surface area is 192 Å². The number of carbonyl (C=O) groups excluding carboxylic acids is 1. The summed E-state index contributed by atoms with van der Waals surface area (Å²) in [4.78, 5) is 23.0. The van der Waals surface area contributed by atoms with Gasteiger partial charge in [0.25, 0.3) is 0 Å². The average Bonchev–Trinajstić information content (AvgIpc) is 3.40. The number of rotatable bonds is 6. The Morgan fingerprint density at radius 2 is 1.91 bits per heavy atom. The first-order valence-electron chi connectivity index (χ1n) is 11.0. The van der Waals surface area contributed by atoms with Gasteiger partial charge in [-0.05, 0) is 62.2 Å². The predicted molar refractivity (Wildman–Crippen MR) is 127 cm³/mol. The molecule has 1 atom stereocenters. The van der Waals surface area contributed by atoms with Gasteiger partial charge < -0.3 is 9.64 Å². The van der Waals surface area contributed by atoms with E-state index in [1.807, 2.05) is 64.2 Å². The molecule has 2 aromatic carbocycles. The highest BCUT2D eigenvalue weighted by atomic mass is 16.5. The van der Waals surface area contributed by atoms with Gasteiger partial charge in [0.15, 0.2) is 5.65 Å². The molecule has 1 fully saturated rings. The quantitative estimate of drug-likeness (QED) is 0.402. The van der Waals surface area contributed by atoms with E-state index in [0.717, 1.165) is 53.2 Å². The fourth-order valence-corrected chi connectivity index (χ4v) is 4.54. The van der Waals surface area contributed by atoms with Crippen molar-refractivity contribution < 1.29 is 9.53 Å². The van der Waals surface area contributed by atoms with E-state index in [9.17, 15) is 4.79 Å². The lowest BCUT2D eigenvalue weighted by atomic mass is 9.99. The van der Waals surface area contributed by atoms with Gasteiger partial charge in [0, 0.05) is 18.3 Å². The molecule has 0 spiro atoms. The molecule has 0 aliphatic carbocycles. The van der Waals surface area contributed by atoms with Crippen LogP contribution in [-0.2, 0) is 11.3 Å². The monoisotopic (exact) mass is 439 g/mol. The Morgan fingerprint density at radius 1 is 1.15 bits per heavy atom. The normalized spacial score (nSPS) is 17.9. The maximum Gasteiger partial charge on any atom is 0.246 e. The third-order valence-corrected chi connectivity index (χ3v) is 6.20. The van der Waals surface area contributed by atoms with E-state index in [1.54, 1.807) is 6.20 Å². The predicted octanol–water partition coefficient (Wildman–Crippen LogP) is 4.85. The summed E-state index contributed by atoms with van der Waals surface area (Å²) in [5.41, 5.74) is 2.16. The van der Waals surface area contributed by atoms with Crippen molar-refractivity contribution in [3.8, 4) is 22.8 Å². The summed E-state index contributed by atoms with van der Waals surface area (Å²) < 4.78 is 7.81. The number of hydrogen-bond acceptors (Lipinski definition) is 5. The molecule has 0 radical (unpaired) electrons. The number of fused-ring (bicyclic) bond motifs is 1. The molecule has 166 valence electrons. The summed E-state index contributed by atoms with van der Waals surface area (Å²) in [5.74, 6) is 1.49. The van der Waals surface area contributed by atoms with Crippen LogP contribution >= 0.6 is 0 Å². The molecule has 1 saturated heterocycles. The molecular weight excluding hydrogens is 414 g/mol. The van der Waals surface area contributed by atoms with Crippen LogP contribution in [0, 0.1) is 0 Å². The molecule has 5 rings (SSSR count). The highest BCUT2D eigenvalue weighted by Gasteiger charge is 2.39. The van der Waals surface area contributed by atoms with Crippen LogP contribution < -0.4 is 4.74 Å². The third-order valence-electron chi connectivity index (χ3n) is 6.20. The Hall–Kier alpha value is -4.00. The van der Waals surface area contributed by atoms with E-state index in [0.29, 0.717) is 6.54 Å². The molecule has 7 nitrogen and oxygen atoms in total. The first-order valence-corrected chi connectivity index (χ1v) is 11.0. The van der Waals surface area contributed by atoms with Crippen LogP contribution in [0.25, 0.3) is 22.3 Å². The fraction of sp³-hybridized carbons (Fsp3) is 0.231. The van der Waals surface area contributed by atoms with Crippen LogP contribution in [0.4, 0.5) is 0 Å². The van der Waals surface area contributed by atoms with Crippen molar-refractivity contribution in [2.24, 2.45) is 0 Å². The lowest BCUT2D eigenvalue weighted by Crippen LogP contribution is -2.47. The van der Waals surface area contributed by atoms with E-state index < -0.39 is 0 Å². The van der Waals surface area contributed by atoms with Crippen LogP contribution in [0.1, 0.15) is 19.8 Å². The van der Waals surface area contributed by atoms with Gasteiger partial charge in [0.1, 0.15) is 23.5 Å². The third kappa shape index (κ3) is 3.98. The summed E-state index contributed by atoms with van der Waals surface area (Å²) in [6.07, 6.45) is 6.57. The molecule has 3 heterocycles. The summed E-state index contributed by atoms with van der Waals surface area (Å²) in [5, 5.41) is 5.78. The minimum Gasteiger partial charge on any atom is -0.457 e. The summed E-state index contributed by atoms with van der Waals surface area (Å²) in [7, 11) is 0. The van der Waals surface area contributed by atoms with Gasteiger partial charge >= 0.3 is 0 Å². The van der Waals surface area contributed by atoms with Crippen LogP contribution in [-0.4, -0.2) is 42.6 Å². The number of aromatic nitrogens is 4. The molecular formula is C26H25N5O2. The molecule has 0 saturated carbocycles. The minimum absolute atomic E-state index is 0.0460. The number of para-hydroxylation sites is 1. The van der Waals surface area contributed by atoms with Crippen molar-refractivity contribution >= 4 is 16.9 Å². The number of ether oxygens (including phenoxy) is 1. The van der Waals surface area contributed by atoms with Crippen LogP contribution in [0.15, 0.2) is 79.8 Å². The van der Waals surface area contributed by atoms with Crippen molar-refractivity contribution in [1.29, 1.82) is 0 Å². The van der Waals surface area contributed by atoms with Crippen molar-refractivity contribution in [2.45, 2.75) is 31.8 Å². The minimum atomic E-state index is -0.347. The van der Waals surface area contributed by atoms with Crippen LogP contribution in [0.5, 0.6) is 11.5 Å². The lowest BCUT2D eigenvalue weighted by molar-refractivity contribution is -0.129. The molecule has 0 N–H and O–H groups in total. The van der Waals surface area contributed by atoms with Crippen LogP contribution in [0.3, 0.4) is 0 Å². The Bertz CT molecular complexity index is 1300. The van der Waals surface area contributed by atoms with Crippen molar-refractivity contribution in [3.05, 3.63) is 79.8 Å². The standard InChI is InChI=1S/C26H25N5O2/c1-3-23(32)30-15-7-14-26(30,2)17-31-25-22(16-27-18-28-25)24(29-31)19-10-12-21(13-11-19)33-20-8-5-4-6-9-20/h3-6,8-13,16,18H,1,7,14-15,17H2,2H3/t26-/m1/s1. The Morgan fingerprint density at radius 3 is 2.67 bits per heavy atom. The van der Waals surface area contributed by atoms with Crippen LogP contribution in [0.2, 0.25) is 0 Å². The molecule has 33 heavy (non-hydrogen) atoms. The molecule has 2 aromatic heterocycles. The van der Waals surface area contributed by atoms with Gasteiger partial charge in [-0.1, -0.05) is 24.8 Å². The zero-order valence-electron chi connectivity index (χ0n) is 18.5. The topological polar surface area (TPSA) is 73.1 Å². The van der Waals surface area contributed by atoms with E-state index >= 15 is 0 Å². The number of hydrogen-bond donors (Lipinski definition) is 0. The molecule has 0 unspecified atom stereocenters. The van der Waals surface area contributed by atoms with Gasteiger partial charge in [-0.15, -0.1) is 0 Å². The SMILES string of the molecule is C=CC(=O)N1CCC[C@]1(C)Cn1nc(-c2ccc(Oc3ccccc3)cc2)c2cncnc21. The Kier molecular flexibility index (Phi) is 5.38. The summed E-state index contributed by atoms with van der Waals surface area (Å²) >= 11 is 0. The molecule has 7 heteroatoms. The largest absolute Gasteiger partial charge is 0.457 e. The average molecular weight is 440 g/mol. The van der Waals surface area contributed by atoms with E-state index in [-0.39, 0.29) is 11.4 Å². The molecule has 1 aliphatic heterocycles. The summed E-state index contributed by atoms with van der Waals surface area (Å²) in [6.45, 7) is 7.04. The number of carbonyl (C=O) groups is 1. The first-order chi connectivity index (χ1) is 16.1. The Balaban J connectivity index is 1.47. The highest BCUT2D eigenvalue weighted by Crippen LogP contribution is 2.34. The molecule has 1 aliphatic rings. The fourth-order valence-electron chi connectivity index (χ4n) is 4.54. The molecule has 4 aromatic rings. The number of nitrogens with zero attached hydrogens (tertiary/aromatic N) is 5. The number of likely N-dealkylation sites (tertiary alicyclic amines) is 1. The van der Waals surface area contributed by atoms with Gasteiger partial charge in [0.05, 0.1) is 17.5 Å². The van der Waals surface area contributed by atoms with Gasteiger partial charge in [-0.3, -0.25) is 4.79 Å². The molecule has 0 bridgehead atoms. The van der Waals surface area contributed by atoms with Crippen molar-refractivity contribution in [2.75, 3.05) is 6.54 Å². The van der Waals surface area contributed by atoms with Crippen molar-refractivity contribution in [1.82, 2.24) is 24.6 Å². The number of amides is 1.